The predicted octanol–water partition coefficient (Wildman–Crippen LogP) is 2.40. The number of hydrazine groups is 1. The van der Waals surface area contributed by atoms with Gasteiger partial charge in [0.25, 0.3) is 11.8 Å². The molecule has 4 nitrogen and oxygen atoms in total. The molecule has 0 bridgehead atoms. The van der Waals surface area contributed by atoms with Gasteiger partial charge in [-0.25, -0.2) is 5.01 Å². The highest BCUT2D eigenvalue weighted by Gasteiger charge is 2.35. The van der Waals surface area contributed by atoms with E-state index in [1.807, 2.05) is 38.1 Å². The number of halogens is 1. The summed E-state index contributed by atoms with van der Waals surface area (Å²) in [5.41, 5.74) is 4.33. The first-order chi connectivity index (χ1) is 8.54. The molecule has 0 aromatic heterocycles. The molecule has 1 aromatic carbocycles. The maximum atomic E-state index is 12.2. The van der Waals surface area contributed by atoms with Crippen molar-refractivity contribution in [1.82, 2.24) is 5.43 Å². The topological polar surface area (TPSA) is 49.4 Å². The lowest BCUT2D eigenvalue weighted by molar-refractivity contribution is -0.117. The van der Waals surface area contributed by atoms with Gasteiger partial charge < -0.3 is 0 Å². The number of anilines is 1. The molecule has 0 radical (unpaired) electrons. The molecule has 0 spiro atoms. The maximum Gasteiger partial charge on any atom is 0.282 e. The number of allylic oxidation sites excluding steroid dienone is 1. The van der Waals surface area contributed by atoms with E-state index < -0.39 is 0 Å². The van der Waals surface area contributed by atoms with E-state index in [-0.39, 0.29) is 17.4 Å². The molecular weight excluding hydrogens is 343 g/mol. The average molecular weight is 356 g/mol. The van der Waals surface area contributed by atoms with E-state index in [2.05, 4.69) is 28.0 Å². The highest BCUT2D eigenvalue weighted by Crippen LogP contribution is 2.23. The van der Waals surface area contributed by atoms with E-state index in [9.17, 15) is 9.59 Å². The second kappa shape index (κ2) is 5.09. The Bertz CT molecular complexity index is 534. The third-order valence-electron chi connectivity index (χ3n) is 2.90. The molecule has 1 aromatic rings. The summed E-state index contributed by atoms with van der Waals surface area (Å²) < 4.78 is 1.08. The molecule has 0 aliphatic carbocycles. The lowest BCUT2D eigenvalue weighted by atomic mass is 10.1. The van der Waals surface area contributed by atoms with Crippen LogP contribution in [0.4, 0.5) is 5.69 Å². The van der Waals surface area contributed by atoms with Gasteiger partial charge in [-0.05, 0) is 60.2 Å². The molecule has 1 aliphatic rings. The first-order valence-corrected chi connectivity index (χ1v) is 6.73. The summed E-state index contributed by atoms with van der Waals surface area (Å²) in [6.45, 7) is 3.74. The first kappa shape index (κ1) is 13.1. The zero-order valence-electron chi connectivity index (χ0n) is 10.2. The summed E-state index contributed by atoms with van der Waals surface area (Å²) >= 11 is 2.19. The summed E-state index contributed by atoms with van der Waals surface area (Å²) in [5, 5.41) is 1.30. The average Bonchev–Trinajstić information content (AvgIpc) is 2.65. The molecule has 0 unspecified atom stereocenters. The number of carbonyl (C=O) groups is 2. The normalized spacial score (nSPS) is 18.1. The molecular formula is C13H13IN2O2. The largest absolute Gasteiger partial charge is 0.282 e. The summed E-state index contributed by atoms with van der Waals surface area (Å²) in [7, 11) is 0. The van der Waals surface area contributed by atoms with E-state index in [0.717, 1.165) is 9.14 Å². The zero-order valence-corrected chi connectivity index (χ0v) is 12.3. The SMILES string of the molecule is CCC(C)=C1C(=O)NN(c2ccc(I)cc2)C1=O. The fraction of sp³-hybridized carbons (Fsp3) is 0.231. The van der Waals surface area contributed by atoms with E-state index in [1.165, 1.54) is 5.01 Å². The number of carbonyl (C=O) groups excluding carboxylic acids is 2. The Kier molecular flexibility index (Phi) is 3.70. The highest BCUT2D eigenvalue weighted by molar-refractivity contribution is 14.1. The molecule has 5 heteroatoms. The number of hydrogen-bond donors (Lipinski definition) is 1. The van der Waals surface area contributed by atoms with Crippen LogP contribution in [0, 0.1) is 3.57 Å². The minimum Gasteiger partial charge on any atom is -0.267 e. The number of benzene rings is 1. The quantitative estimate of drug-likeness (QED) is 0.503. The molecule has 1 saturated heterocycles. The molecule has 0 atom stereocenters. The van der Waals surface area contributed by atoms with Gasteiger partial charge in [-0.1, -0.05) is 12.5 Å². The fourth-order valence-electron chi connectivity index (χ4n) is 1.74. The lowest BCUT2D eigenvalue weighted by Gasteiger charge is -2.14. The molecule has 18 heavy (non-hydrogen) atoms. The number of nitrogens with zero attached hydrogens (tertiary/aromatic N) is 1. The van der Waals surface area contributed by atoms with Gasteiger partial charge in [0.2, 0.25) is 0 Å². The van der Waals surface area contributed by atoms with Crippen molar-refractivity contribution >= 4 is 40.1 Å². The van der Waals surface area contributed by atoms with Gasteiger partial charge in [-0.3, -0.25) is 15.0 Å². The monoisotopic (exact) mass is 356 g/mol. The van der Waals surface area contributed by atoms with Crippen LogP contribution in [-0.4, -0.2) is 11.8 Å². The van der Waals surface area contributed by atoms with E-state index in [1.54, 1.807) is 0 Å². The smallest absolute Gasteiger partial charge is 0.267 e. The zero-order chi connectivity index (χ0) is 13.3. The van der Waals surface area contributed by atoms with Crippen molar-refractivity contribution in [2.24, 2.45) is 0 Å². The fourth-order valence-corrected chi connectivity index (χ4v) is 2.10. The van der Waals surface area contributed by atoms with Crippen molar-refractivity contribution in [1.29, 1.82) is 0 Å². The van der Waals surface area contributed by atoms with Crippen molar-refractivity contribution in [3.63, 3.8) is 0 Å². The minimum absolute atomic E-state index is 0.260. The van der Waals surface area contributed by atoms with Crippen molar-refractivity contribution in [3.05, 3.63) is 39.0 Å². The van der Waals surface area contributed by atoms with Gasteiger partial charge in [0, 0.05) is 3.57 Å². The van der Waals surface area contributed by atoms with Crippen molar-refractivity contribution < 1.29 is 9.59 Å². The van der Waals surface area contributed by atoms with Gasteiger partial charge in [0.1, 0.15) is 5.57 Å². The van der Waals surface area contributed by atoms with Crippen LogP contribution in [0.25, 0.3) is 0 Å². The van der Waals surface area contributed by atoms with Crippen molar-refractivity contribution in [3.8, 4) is 0 Å². The third-order valence-corrected chi connectivity index (χ3v) is 3.62. The van der Waals surface area contributed by atoms with Crippen LogP contribution in [0.3, 0.4) is 0 Å². The molecule has 1 N–H and O–H groups in total. The molecule has 1 aliphatic heterocycles. The van der Waals surface area contributed by atoms with Crippen LogP contribution in [-0.2, 0) is 9.59 Å². The van der Waals surface area contributed by atoms with Crippen LogP contribution < -0.4 is 10.4 Å². The van der Waals surface area contributed by atoms with Crippen LogP contribution in [0.15, 0.2) is 35.4 Å². The Morgan fingerprint density at radius 2 is 1.89 bits per heavy atom. The summed E-state index contributed by atoms with van der Waals surface area (Å²) in [6.07, 6.45) is 0.690. The van der Waals surface area contributed by atoms with Gasteiger partial charge in [0.15, 0.2) is 0 Å². The number of amides is 2. The van der Waals surface area contributed by atoms with Gasteiger partial charge in [-0.15, -0.1) is 0 Å². The third kappa shape index (κ3) is 2.27. The first-order valence-electron chi connectivity index (χ1n) is 5.65. The number of rotatable bonds is 2. The molecule has 0 saturated carbocycles. The number of nitrogens with one attached hydrogen (secondary N) is 1. The van der Waals surface area contributed by atoms with Crippen molar-refractivity contribution in [2.75, 3.05) is 5.01 Å². The highest BCUT2D eigenvalue weighted by atomic mass is 127. The van der Waals surface area contributed by atoms with E-state index >= 15 is 0 Å². The summed E-state index contributed by atoms with van der Waals surface area (Å²) in [5.74, 6) is -0.599. The maximum absolute atomic E-state index is 12.2. The Balaban J connectivity index is 2.37. The Hall–Kier alpha value is -1.37. The predicted molar refractivity (Wildman–Crippen MR) is 77.8 cm³/mol. The van der Waals surface area contributed by atoms with Crippen LogP contribution in [0.5, 0.6) is 0 Å². The molecule has 2 rings (SSSR count). The van der Waals surface area contributed by atoms with Gasteiger partial charge >= 0.3 is 0 Å². The Labute approximate surface area is 119 Å². The van der Waals surface area contributed by atoms with Crippen LogP contribution >= 0.6 is 22.6 Å². The van der Waals surface area contributed by atoms with E-state index in [4.69, 9.17) is 0 Å². The minimum atomic E-state index is -0.321. The summed E-state index contributed by atoms with van der Waals surface area (Å²) in [6, 6.07) is 7.40. The molecule has 2 amide bonds. The van der Waals surface area contributed by atoms with E-state index in [0.29, 0.717) is 12.1 Å². The van der Waals surface area contributed by atoms with Gasteiger partial charge in [0.05, 0.1) is 5.69 Å². The standard InChI is InChI=1S/C13H13IN2O2/c1-3-8(2)11-12(17)15-16(13(11)18)10-6-4-9(14)5-7-10/h4-7H,3H2,1-2H3,(H,15,17). The Morgan fingerprint density at radius 3 is 2.44 bits per heavy atom. The van der Waals surface area contributed by atoms with Crippen molar-refractivity contribution in [2.45, 2.75) is 20.3 Å². The van der Waals surface area contributed by atoms with Crippen LogP contribution in [0.2, 0.25) is 0 Å². The second-order valence-electron chi connectivity index (χ2n) is 4.07. The second-order valence-corrected chi connectivity index (χ2v) is 5.31. The van der Waals surface area contributed by atoms with Gasteiger partial charge in [-0.2, -0.15) is 0 Å². The Morgan fingerprint density at radius 1 is 1.28 bits per heavy atom. The molecule has 1 heterocycles. The molecule has 94 valence electrons. The van der Waals surface area contributed by atoms with Crippen LogP contribution in [0.1, 0.15) is 20.3 Å². The summed E-state index contributed by atoms with van der Waals surface area (Å²) in [4.78, 5) is 24.0. The number of hydrogen-bond acceptors (Lipinski definition) is 2. The molecule has 1 fully saturated rings. The lowest BCUT2D eigenvalue weighted by Crippen LogP contribution is -2.35.